The minimum atomic E-state index is 0.273. The molecule has 0 aromatic carbocycles. The van der Waals surface area contributed by atoms with E-state index in [2.05, 4.69) is 39.9 Å². The van der Waals surface area contributed by atoms with Crippen LogP contribution in [0.1, 0.15) is 60.3 Å². The highest BCUT2D eigenvalue weighted by Gasteiger charge is 2.15. The molecule has 0 aliphatic carbocycles. The maximum Gasteiger partial charge on any atom is 0.00990 e. The van der Waals surface area contributed by atoms with Crippen molar-refractivity contribution in [2.24, 2.45) is 0 Å². The number of hydrogen-bond acceptors (Lipinski definition) is 1. The van der Waals surface area contributed by atoms with Crippen molar-refractivity contribution >= 4 is 0 Å². The zero-order valence-corrected chi connectivity index (χ0v) is 9.41. The molecule has 74 valence electrons. The third kappa shape index (κ3) is 6.66. The molecule has 0 spiro atoms. The van der Waals surface area contributed by atoms with Gasteiger partial charge in [0.15, 0.2) is 0 Å². The molecule has 0 aliphatic rings. The Bertz CT molecular complexity index is 96.1. The Morgan fingerprint density at radius 3 is 1.67 bits per heavy atom. The minimum absolute atomic E-state index is 0.273. The molecule has 0 rings (SSSR count). The van der Waals surface area contributed by atoms with Crippen LogP contribution in [0.4, 0.5) is 0 Å². The fourth-order valence-electron chi connectivity index (χ4n) is 1.60. The maximum atomic E-state index is 3.66. The van der Waals surface area contributed by atoms with Crippen LogP contribution in [0.2, 0.25) is 0 Å². The van der Waals surface area contributed by atoms with E-state index in [4.69, 9.17) is 0 Å². The average Bonchev–Trinajstić information content (AvgIpc) is 1.84. The van der Waals surface area contributed by atoms with Crippen molar-refractivity contribution < 1.29 is 0 Å². The summed E-state index contributed by atoms with van der Waals surface area (Å²) in [5.41, 5.74) is 0.273. The number of rotatable bonds is 5. The van der Waals surface area contributed by atoms with Gasteiger partial charge in [-0.05, 0) is 33.6 Å². The second-order valence-electron chi connectivity index (χ2n) is 4.67. The maximum absolute atomic E-state index is 3.66. The van der Waals surface area contributed by atoms with Crippen molar-refractivity contribution in [3.05, 3.63) is 0 Å². The molecule has 0 amide bonds. The van der Waals surface area contributed by atoms with Crippen molar-refractivity contribution in [2.45, 2.75) is 71.9 Å². The van der Waals surface area contributed by atoms with Crippen molar-refractivity contribution in [2.75, 3.05) is 0 Å². The summed E-state index contributed by atoms with van der Waals surface area (Å²) in [6, 6.07) is 0.722. The molecular formula is C11H25N. The summed E-state index contributed by atoms with van der Waals surface area (Å²) in [5, 5.41) is 3.66. The smallest absolute Gasteiger partial charge is 0.00990 e. The van der Waals surface area contributed by atoms with Gasteiger partial charge in [0.2, 0.25) is 0 Å². The lowest BCUT2D eigenvalue weighted by Crippen LogP contribution is -2.43. The van der Waals surface area contributed by atoms with Gasteiger partial charge in [-0.25, -0.2) is 0 Å². The van der Waals surface area contributed by atoms with Crippen molar-refractivity contribution in [3.63, 3.8) is 0 Å². The lowest BCUT2D eigenvalue weighted by Gasteiger charge is -2.28. The topological polar surface area (TPSA) is 12.0 Å². The SMILES string of the molecule is CCCC(CCC)NC(C)(C)C. The summed E-state index contributed by atoms with van der Waals surface area (Å²) >= 11 is 0. The summed E-state index contributed by atoms with van der Waals surface area (Å²) in [6.07, 6.45) is 5.19. The van der Waals surface area contributed by atoms with E-state index < -0.39 is 0 Å². The Morgan fingerprint density at radius 1 is 1.00 bits per heavy atom. The molecule has 0 fully saturated rings. The average molecular weight is 171 g/mol. The first kappa shape index (κ1) is 12.0. The van der Waals surface area contributed by atoms with E-state index in [1.165, 1.54) is 25.7 Å². The third-order valence-corrected chi connectivity index (χ3v) is 1.91. The fraction of sp³-hybridized carbons (Fsp3) is 1.00. The summed E-state index contributed by atoms with van der Waals surface area (Å²) in [5.74, 6) is 0. The minimum Gasteiger partial charge on any atom is -0.309 e. The molecule has 0 heterocycles. The second kappa shape index (κ2) is 5.58. The Balaban J connectivity index is 3.77. The van der Waals surface area contributed by atoms with E-state index in [1.807, 2.05) is 0 Å². The van der Waals surface area contributed by atoms with Gasteiger partial charge >= 0.3 is 0 Å². The van der Waals surface area contributed by atoms with E-state index in [-0.39, 0.29) is 5.54 Å². The summed E-state index contributed by atoms with van der Waals surface area (Å²) < 4.78 is 0. The normalized spacial score (nSPS) is 12.5. The molecule has 0 aromatic rings. The van der Waals surface area contributed by atoms with Gasteiger partial charge < -0.3 is 5.32 Å². The van der Waals surface area contributed by atoms with Gasteiger partial charge in [0.1, 0.15) is 0 Å². The second-order valence-corrected chi connectivity index (χ2v) is 4.67. The number of nitrogens with one attached hydrogen (secondary N) is 1. The van der Waals surface area contributed by atoms with Crippen molar-refractivity contribution in [1.82, 2.24) is 5.32 Å². The Morgan fingerprint density at radius 2 is 1.42 bits per heavy atom. The number of hydrogen-bond donors (Lipinski definition) is 1. The van der Waals surface area contributed by atoms with Crippen LogP contribution in [-0.2, 0) is 0 Å². The van der Waals surface area contributed by atoms with Crippen LogP contribution in [0.25, 0.3) is 0 Å². The van der Waals surface area contributed by atoms with Gasteiger partial charge in [-0.15, -0.1) is 0 Å². The van der Waals surface area contributed by atoms with Gasteiger partial charge in [-0.3, -0.25) is 0 Å². The predicted octanol–water partition coefficient (Wildman–Crippen LogP) is 3.34. The molecule has 0 saturated heterocycles. The standard InChI is InChI=1S/C11H25N/c1-6-8-10(9-7-2)12-11(3,4)5/h10,12H,6-9H2,1-5H3. The van der Waals surface area contributed by atoms with Crippen LogP contribution in [0.5, 0.6) is 0 Å². The summed E-state index contributed by atoms with van der Waals surface area (Å²) in [7, 11) is 0. The lowest BCUT2D eigenvalue weighted by atomic mass is 10.0. The highest BCUT2D eigenvalue weighted by atomic mass is 15.0. The Kier molecular flexibility index (Phi) is 5.56. The van der Waals surface area contributed by atoms with Gasteiger partial charge in [-0.2, -0.15) is 0 Å². The quantitative estimate of drug-likeness (QED) is 0.669. The third-order valence-electron chi connectivity index (χ3n) is 1.91. The van der Waals surface area contributed by atoms with Crippen molar-refractivity contribution in [3.8, 4) is 0 Å². The molecule has 0 bridgehead atoms. The van der Waals surface area contributed by atoms with Gasteiger partial charge in [0, 0.05) is 11.6 Å². The molecule has 0 radical (unpaired) electrons. The molecule has 0 saturated carbocycles. The van der Waals surface area contributed by atoms with Gasteiger partial charge in [0.25, 0.3) is 0 Å². The van der Waals surface area contributed by atoms with Crippen LogP contribution >= 0.6 is 0 Å². The highest BCUT2D eigenvalue weighted by molar-refractivity contribution is 4.77. The first-order chi connectivity index (χ1) is 5.49. The molecule has 1 nitrogen and oxygen atoms in total. The monoisotopic (exact) mass is 171 g/mol. The molecule has 1 N–H and O–H groups in total. The van der Waals surface area contributed by atoms with Gasteiger partial charge in [-0.1, -0.05) is 26.7 Å². The molecular weight excluding hydrogens is 146 g/mol. The van der Waals surface area contributed by atoms with Crippen LogP contribution in [-0.4, -0.2) is 11.6 Å². The summed E-state index contributed by atoms with van der Waals surface area (Å²) in [6.45, 7) is 11.2. The van der Waals surface area contributed by atoms with Gasteiger partial charge in [0.05, 0.1) is 0 Å². The zero-order valence-electron chi connectivity index (χ0n) is 9.41. The van der Waals surface area contributed by atoms with E-state index in [0.717, 1.165) is 6.04 Å². The van der Waals surface area contributed by atoms with Crippen LogP contribution in [0.15, 0.2) is 0 Å². The molecule has 12 heavy (non-hydrogen) atoms. The predicted molar refractivity (Wildman–Crippen MR) is 56.5 cm³/mol. The molecule has 0 atom stereocenters. The van der Waals surface area contributed by atoms with E-state index in [1.54, 1.807) is 0 Å². The Labute approximate surface area is 77.9 Å². The fourth-order valence-corrected chi connectivity index (χ4v) is 1.60. The lowest BCUT2D eigenvalue weighted by molar-refractivity contribution is 0.329. The van der Waals surface area contributed by atoms with E-state index in [9.17, 15) is 0 Å². The molecule has 0 aromatic heterocycles. The Hall–Kier alpha value is -0.0400. The highest BCUT2D eigenvalue weighted by Crippen LogP contribution is 2.09. The molecule has 1 heteroatoms. The van der Waals surface area contributed by atoms with Crippen LogP contribution < -0.4 is 5.32 Å². The first-order valence-electron chi connectivity index (χ1n) is 5.27. The molecule has 0 aliphatic heterocycles. The van der Waals surface area contributed by atoms with Crippen LogP contribution in [0.3, 0.4) is 0 Å². The van der Waals surface area contributed by atoms with E-state index >= 15 is 0 Å². The largest absolute Gasteiger partial charge is 0.309 e. The summed E-state index contributed by atoms with van der Waals surface area (Å²) in [4.78, 5) is 0. The van der Waals surface area contributed by atoms with E-state index in [0.29, 0.717) is 0 Å². The zero-order chi connectivity index (χ0) is 9.61. The first-order valence-corrected chi connectivity index (χ1v) is 5.27. The van der Waals surface area contributed by atoms with Crippen molar-refractivity contribution in [1.29, 1.82) is 0 Å². The van der Waals surface area contributed by atoms with Crippen LogP contribution in [0, 0.1) is 0 Å². The molecule has 0 unspecified atom stereocenters.